The average Bonchev–Trinajstić information content (AvgIpc) is 2.82. The zero-order chi connectivity index (χ0) is 12.4. The van der Waals surface area contributed by atoms with Crippen LogP contribution in [0.1, 0.15) is 11.1 Å². The maximum absolute atomic E-state index is 4.37. The Morgan fingerprint density at radius 2 is 2.06 bits per heavy atom. The lowest BCUT2D eigenvalue weighted by atomic mass is 10.1. The molecule has 3 heteroatoms. The Morgan fingerprint density at radius 3 is 2.89 bits per heavy atom. The molecule has 0 amide bonds. The molecule has 0 saturated heterocycles. The summed E-state index contributed by atoms with van der Waals surface area (Å²) in [5.74, 6) is 0. The third kappa shape index (κ3) is 2.09. The molecular formula is C15H14N2S. The maximum Gasteiger partial charge on any atom is 0.0722 e. The molecule has 0 aliphatic carbocycles. The van der Waals surface area contributed by atoms with Gasteiger partial charge in [-0.1, -0.05) is 18.2 Å². The summed E-state index contributed by atoms with van der Waals surface area (Å²) in [7, 11) is 0. The molecule has 0 unspecified atom stereocenters. The van der Waals surface area contributed by atoms with Crippen molar-refractivity contribution in [3.8, 4) is 0 Å². The quantitative estimate of drug-likeness (QED) is 0.757. The molecule has 2 nitrogen and oxygen atoms in total. The van der Waals surface area contributed by atoms with Gasteiger partial charge in [-0.3, -0.25) is 4.98 Å². The smallest absolute Gasteiger partial charge is 0.0722 e. The summed E-state index contributed by atoms with van der Waals surface area (Å²) in [4.78, 5) is 4.37. The number of pyridine rings is 1. The van der Waals surface area contributed by atoms with Gasteiger partial charge < -0.3 is 5.32 Å². The number of hydrogen-bond donors (Lipinski definition) is 1. The van der Waals surface area contributed by atoms with Crippen LogP contribution in [0, 0.1) is 6.92 Å². The van der Waals surface area contributed by atoms with Gasteiger partial charge in [-0.2, -0.15) is 11.3 Å². The van der Waals surface area contributed by atoms with Gasteiger partial charge in [-0.25, -0.2) is 0 Å². The first kappa shape index (κ1) is 11.2. The summed E-state index contributed by atoms with van der Waals surface area (Å²) in [6, 6.07) is 10.2. The zero-order valence-corrected chi connectivity index (χ0v) is 11.0. The van der Waals surface area contributed by atoms with E-state index in [0.29, 0.717) is 0 Å². The van der Waals surface area contributed by atoms with Crippen molar-refractivity contribution in [2.24, 2.45) is 0 Å². The number of aryl methyl sites for hydroxylation is 1. The number of benzene rings is 1. The fraction of sp³-hybridized carbons (Fsp3) is 0.133. The minimum atomic E-state index is 0.864. The van der Waals surface area contributed by atoms with Crippen molar-refractivity contribution in [2.45, 2.75) is 13.5 Å². The minimum Gasteiger partial charge on any atom is -0.380 e. The lowest BCUT2D eigenvalue weighted by Gasteiger charge is -2.09. The Labute approximate surface area is 110 Å². The molecule has 0 aliphatic rings. The number of nitrogens with zero attached hydrogens (tertiary/aromatic N) is 1. The van der Waals surface area contributed by atoms with Gasteiger partial charge in [0.15, 0.2) is 0 Å². The van der Waals surface area contributed by atoms with Gasteiger partial charge in [0.1, 0.15) is 0 Å². The number of anilines is 1. The summed E-state index contributed by atoms with van der Waals surface area (Å²) in [6.45, 7) is 3.02. The molecule has 1 aromatic carbocycles. The summed E-state index contributed by atoms with van der Waals surface area (Å²) < 4.78 is 0. The van der Waals surface area contributed by atoms with Gasteiger partial charge in [-0.05, 0) is 40.9 Å². The van der Waals surface area contributed by atoms with Gasteiger partial charge in [0.2, 0.25) is 0 Å². The molecule has 1 N–H and O–H groups in total. The van der Waals surface area contributed by atoms with Gasteiger partial charge >= 0.3 is 0 Å². The first-order valence-electron chi connectivity index (χ1n) is 5.94. The lowest BCUT2D eigenvalue weighted by Crippen LogP contribution is -2.00. The molecule has 0 atom stereocenters. The van der Waals surface area contributed by atoms with E-state index in [2.05, 4.69) is 34.1 Å². The second-order valence-electron chi connectivity index (χ2n) is 4.31. The summed E-state index contributed by atoms with van der Waals surface area (Å²) in [5.41, 5.74) is 4.89. The summed E-state index contributed by atoms with van der Waals surface area (Å²) >= 11 is 1.75. The highest BCUT2D eigenvalue weighted by Gasteiger charge is 2.02. The van der Waals surface area contributed by atoms with Gasteiger partial charge in [-0.15, -0.1) is 0 Å². The van der Waals surface area contributed by atoms with Crippen LogP contribution in [0.3, 0.4) is 0 Å². The second-order valence-corrected chi connectivity index (χ2v) is 5.05. The van der Waals surface area contributed by atoms with E-state index in [1.807, 2.05) is 30.5 Å². The molecule has 0 bridgehead atoms. The van der Waals surface area contributed by atoms with Crippen LogP contribution in [0.2, 0.25) is 0 Å². The van der Waals surface area contributed by atoms with E-state index in [-0.39, 0.29) is 0 Å². The molecule has 0 aliphatic heterocycles. The Balaban J connectivity index is 1.89. The maximum atomic E-state index is 4.37. The third-order valence-electron chi connectivity index (χ3n) is 3.08. The topological polar surface area (TPSA) is 24.9 Å². The fourth-order valence-corrected chi connectivity index (χ4v) is 2.87. The van der Waals surface area contributed by atoms with E-state index >= 15 is 0 Å². The van der Waals surface area contributed by atoms with Crippen LogP contribution in [0.5, 0.6) is 0 Å². The van der Waals surface area contributed by atoms with Crippen LogP contribution < -0.4 is 5.32 Å². The Bertz CT molecular complexity index is 668. The van der Waals surface area contributed by atoms with Crippen LogP contribution >= 0.6 is 11.3 Å². The molecule has 0 fully saturated rings. The molecule has 0 saturated carbocycles. The Hall–Kier alpha value is -1.87. The first-order chi connectivity index (χ1) is 8.84. The van der Waals surface area contributed by atoms with Crippen molar-refractivity contribution in [1.82, 2.24) is 4.98 Å². The standard InChI is InChI=1S/C15H14N2S/c1-11-9-18-10-12(11)8-17-15-6-7-16-14-5-3-2-4-13(14)15/h2-7,9-10H,8H2,1H3,(H,16,17). The highest BCUT2D eigenvalue weighted by atomic mass is 32.1. The van der Waals surface area contributed by atoms with Crippen LogP contribution in [0.25, 0.3) is 10.9 Å². The number of hydrogen-bond acceptors (Lipinski definition) is 3. The van der Waals surface area contributed by atoms with E-state index in [1.165, 1.54) is 16.5 Å². The van der Waals surface area contributed by atoms with E-state index in [9.17, 15) is 0 Å². The van der Waals surface area contributed by atoms with Gasteiger partial charge in [0.05, 0.1) is 5.52 Å². The predicted molar refractivity (Wildman–Crippen MR) is 78.1 cm³/mol. The number of aromatic nitrogens is 1. The lowest BCUT2D eigenvalue weighted by molar-refractivity contribution is 1.14. The monoisotopic (exact) mass is 254 g/mol. The Kier molecular flexibility index (Phi) is 2.99. The number of nitrogens with one attached hydrogen (secondary N) is 1. The molecule has 0 spiro atoms. The van der Waals surface area contributed by atoms with Crippen LogP contribution in [0.15, 0.2) is 47.3 Å². The molecule has 18 heavy (non-hydrogen) atoms. The summed E-state index contributed by atoms with van der Waals surface area (Å²) in [5, 5.41) is 9.05. The predicted octanol–water partition coefficient (Wildman–Crippen LogP) is 4.22. The molecule has 3 rings (SSSR count). The van der Waals surface area contributed by atoms with Crippen LogP contribution in [-0.2, 0) is 6.54 Å². The van der Waals surface area contributed by atoms with Crippen molar-refractivity contribution < 1.29 is 0 Å². The van der Waals surface area contributed by atoms with Crippen molar-refractivity contribution in [3.63, 3.8) is 0 Å². The van der Waals surface area contributed by atoms with Gasteiger partial charge in [0, 0.05) is 23.8 Å². The number of thiophene rings is 1. The number of para-hydroxylation sites is 1. The SMILES string of the molecule is Cc1cscc1CNc1ccnc2ccccc12. The molecule has 2 heterocycles. The number of fused-ring (bicyclic) bond motifs is 1. The highest BCUT2D eigenvalue weighted by molar-refractivity contribution is 7.08. The normalized spacial score (nSPS) is 10.7. The largest absolute Gasteiger partial charge is 0.380 e. The molecule has 3 aromatic rings. The molecule has 90 valence electrons. The molecule has 0 radical (unpaired) electrons. The van der Waals surface area contributed by atoms with Crippen LogP contribution in [0.4, 0.5) is 5.69 Å². The molecular weight excluding hydrogens is 240 g/mol. The second kappa shape index (κ2) is 4.78. The van der Waals surface area contributed by atoms with E-state index in [1.54, 1.807) is 11.3 Å². The zero-order valence-electron chi connectivity index (χ0n) is 10.2. The fourth-order valence-electron chi connectivity index (χ4n) is 2.01. The van der Waals surface area contributed by atoms with E-state index < -0.39 is 0 Å². The summed E-state index contributed by atoms with van der Waals surface area (Å²) in [6.07, 6.45) is 1.85. The van der Waals surface area contributed by atoms with Crippen LogP contribution in [-0.4, -0.2) is 4.98 Å². The average molecular weight is 254 g/mol. The molecule has 2 aromatic heterocycles. The van der Waals surface area contributed by atoms with Crippen molar-refractivity contribution in [1.29, 1.82) is 0 Å². The minimum absolute atomic E-state index is 0.864. The first-order valence-corrected chi connectivity index (χ1v) is 6.88. The number of rotatable bonds is 3. The van der Waals surface area contributed by atoms with Crippen molar-refractivity contribution >= 4 is 27.9 Å². The highest BCUT2D eigenvalue weighted by Crippen LogP contribution is 2.22. The van der Waals surface area contributed by atoms with Gasteiger partial charge in [0.25, 0.3) is 0 Å². The third-order valence-corrected chi connectivity index (χ3v) is 3.99. The van der Waals surface area contributed by atoms with E-state index in [4.69, 9.17) is 0 Å². The van der Waals surface area contributed by atoms with Crippen molar-refractivity contribution in [2.75, 3.05) is 5.32 Å². The Morgan fingerprint density at radius 1 is 1.17 bits per heavy atom. The van der Waals surface area contributed by atoms with Crippen molar-refractivity contribution in [3.05, 3.63) is 58.4 Å². The van der Waals surface area contributed by atoms with E-state index in [0.717, 1.165) is 17.7 Å².